The molecule has 16 heavy (non-hydrogen) atoms. The first kappa shape index (κ1) is 16.2. The van der Waals surface area contributed by atoms with Gasteiger partial charge in [0.15, 0.2) is 0 Å². The Kier molecular flexibility index (Phi) is 8.39. The van der Waals surface area contributed by atoms with Gasteiger partial charge in [-0.2, -0.15) is 11.8 Å². The zero-order valence-electron chi connectivity index (χ0n) is 9.97. The lowest BCUT2D eigenvalue weighted by Crippen LogP contribution is -2.42. The van der Waals surface area contributed by atoms with Crippen LogP contribution >= 0.6 is 11.8 Å². The molecule has 0 amide bonds. The lowest BCUT2D eigenvalue weighted by molar-refractivity contribution is 0.199. The van der Waals surface area contributed by atoms with Gasteiger partial charge in [-0.3, -0.25) is 0 Å². The summed E-state index contributed by atoms with van der Waals surface area (Å²) < 4.78 is 30.5. The standard InChI is InChI=1S/C9H21NO4S2/c1-8(9(7-11)15-3)10-16(12,13)6-4-5-14-2/h8-11H,4-7H2,1-3H3. The number of methoxy groups -OCH3 is 1. The first-order valence-electron chi connectivity index (χ1n) is 5.09. The molecule has 0 fully saturated rings. The lowest BCUT2D eigenvalue weighted by atomic mass is 10.3. The highest BCUT2D eigenvalue weighted by Crippen LogP contribution is 2.11. The summed E-state index contributed by atoms with van der Waals surface area (Å²) in [6, 6.07) is -0.271. The molecule has 0 heterocycles. The number of sulfonamides is 1. The highest BCUT2D eigenvalue weighted by molar-refractivity contribution is 7.99. The van der Waals surface area contributed by atoms with Crippen molar-refractivity contribution < 1.29 is 18.3 Å². The number of rotatable bonds is 9. The molecule has 2 atom stereocenters. The van der Waals surface area contributed by atoms with Gasteiger partial charge in [-0.05, 0) is 19.6 Å². The molecule has 98 valence electrons. The highest BCUT2D eigenvalue weighted by Gasteiger charge is 2.20. The molecule has 0 aromatic heterocycles. The largest absolute Gasteiger partial charge is 0.395 e. The molecule has 7 heteroatoms. The molecule has 0 radical (unpaired) electrons. The van der Waals surface area contributed by atoms with Crippen LogP contribution in [0.25, 0.3) is 0 Å². The van der Waals surface area contributed by atoms with Crippen LogP contribution in [-0.2, 0) is 14.8 Å². The summed E-state index contributed by atoms with van der Waals surface area (Å²) in [5.74, 6) is 0.0533. The van der Waals surface area contributed by atoms with E-state index in [4.69, 9.17) is 9.84 Å². The number of hydrogen-bond donors (Lipinski definition) is 2. The van der Waals surface area contributed by atoms with Crippen LogP contribution < -0.4 is 4.72 Å². The third kappa shape index (κ3) is 6.70. The Morgan fingerprint density at radius 1 is 1.50 bits per heavy atom. The molecular formula is C9H21NO4S2. The number of aliphatic hydroxyl groups excluding tert-OH is 1. The zero-order chi connectivity index (χ0) is 12.6. The lowest BCUT2D eigenvalue weighted by Gasteiger charge is -2.21. The first-order chi connectivity index (χ1) is 7.46. The molecule has 0 spiro atoms. The molecule has 0 aliphatic carbocycles. The molecule has 2 unspecified atom stereocenters. The molecule has 0 aromatic rings. The van der Waals surface area contributed by atoms with Crippen LogP contribution in [0, 0.1) is 0 Å². The van der Waals surface area contributed by atoms with Crippen LogP contribution in [0.4, 0.5) is 0 Å². The van der Waals surface area contributed by atoms with Crippen molar-refractivity contribution in [3.63, 3.8) is 0 Å². The average Bonchev–Trinajstić information content (AvgIpc) is 2.18. The van der Waals surface area contributed by atoms with E-state index >= 15 is 0 Å². The zero-order valence-corrected chi connectivity index (χ0v) is 11.6. The normalized spacial score (nSPS) is 16.0. The van der Waals surface area contributed by atoms with Gasteiger partial charge in [0, 0.05) is 25.0 Å². The van der Waals surface area contributed by atoms with Crippen molar-refractivity contribution in [3.8, 4) is 0 Å². The maximum Gasteiger partial charge on any atom is 0.211 e. The Bertz CT molecular complexity index is 265. The first-order valence-corrected chi connectivity index (χ1v) is 8.03. The number of aliphatic hydroxyl groups is 1. The number of hydrogen-bond acceptors (Lipinski definition) is 5. The van der Waals surface area contributed by atoms with Crippen LogP contribution in [0.2, 0.25) is 0 Å². The molecule has 0 saturated carbocycles. The Labute approximate surface area is 102 Å². The predicted molar refractivity (Wildman–Crippen MR) is 67.3 cm³/mol. The second kappa shape index (κ2) is 8.30. The van der Waals surface area contributed by atoms with Crippen LogP contribution in [0.15, 0.2) is 0 Å². The summed E-state index contributed by atoms with van der Waals surface area (Å²) >= 11 is 1.45. The summed E-state index contributed by atoms with van der Waals surface area (Å²) in [6.07, 6.45) is 2.32. The van der Waals surface area contributed by atoms with Gasteiger partial charge in [-0.15, -0.1) is 0 Å². The van der Waals surface area contributed by atoms with E-state index in [-0.39, 0.29) is 23.7 Å². The Balaban J connectivity index is 4.14. The van der Waals surface area contributed by atoms with Crippen molar-refractivity contribution in [1.29, 1.82) is 0 Å². The summed E-state index contributed by atoms with van der Waals surface area (Å²) in [7, 11) is -1.73. The number of ether oxygens (including phenoxy) is 1. The van der Waals surface area contributed by atoms with Gasteiger partial charge in [0.1, 0.15) is 0 Å². The fourth-order valence-corrected chi connectivity index (χ4v) is 3.31. The predicted octanol–water partition coefficient (Wildman–Crippen LogP) is 0.0547. The monoisotopic (exact) mass is 271 g/mol. The van der Waals surface area contributed by atoms with E-state index in [1.165, 1.54) is 18.9 Å². The van der Waals surface area contributed by atoms with Gasteiger partial charge in [-0.25, -0.2) is 13.1 Å². The van der Waals surface area contributed by atoms with Crippen LogP contribution in [-0.4, -0.2) is 57.1 Å². The van der Waals surface area contributed by atoms with Crippen molar-refractivity contribution in [2.75, 3.05) is 32.3 Å². The maximum absolute atomic E-state index is 11.6. The van der Waals surface area contributed by atoms with Crippen LogP contribution in [0.1, 0.15) is 13.3 Å². The minimum absolute atomic E-state index is 0.0388. The molecule has 0 rings (SSSR count). The minimum atomic E-state index is -3.27. The highest BCUT2D eigenvalue weighted by atomic mass is 32.2. The van der Waals surface area contributed by atoms with E-state index in [1.54, 1.807) is 6.92 Å². The summed E-state index contributed by atoms with van der Waals surface area (Å²) in [4.78, 5) is 0. The number of thioether (sulfide) groups is 1. The van der Waals surface area contributed by atoms with E-state index in [0.29, 0.717) is 13.0 Å². The molecular weight excluding hydrogens is 250 g/mol. The molecule has 0 aliphatic heterocycles. The maximum atomic E-state index is 11.6. The minimum Gasteiger partial charge on any atom is -0.395 e. The summed E-state index contributed by atoms with van der Waals surface area (Å²) in [5.41, 5.74) is 0. The second-order valence-corrected chi connectivity index (χ2v) is 6.48. The fraction of sp³-hybridized carbons (Fsp3) is 1.00. The topological polar surface area (TPSA) is 75.6 Å². The van der Waals surface area contributed by atoms with E-state index in [0.717, 1.165) is 0 Å². The van der Waals surface area contributed by atoms with Gasteiger partial charge in [0.05, 0.1) is 12.4 Å². The summed E-state index contributed by atoms with van der Waals surface area (Å²) in [6.45, 7) is 2.15. The Morgan fingerprint density at radius 2 is 2.12 bits per heavy atom. The van der Waals surface area contributed by atoms with Gasteiger partial charge in [-0.1, -0.05) is 0 Å². The quantitative estimate of drug-likeness (QED) is 0.580. The van der Waals surface area contributed by atoms with Crippen molar-refractivity contribution in [1.82, 2.24) is 4.72 Å². The average molecular weight is 271 g/mol. The molecule has 0 bridgehead atoms. The van der Waals surface area contributed by atoms with Crippen molar-refractivity contribution in [3.05, 3.63) is 0 Å². The molecule has 5 nitrogen and oxygen atoms in total. The summed E-state index contributed by atoms with van der Waals surface area (Å²) in [5, 5.41) is 8.92. The van der Waals surface area contributed by atoms with Gasteiger partial charge in [0.25, 0.3) is 0 Å². The molecule has 0 saturated heterocycles. The molecule has 2 N–H and O–H groups in total. The van der Waals surface area contributed by atoms with E-state index in [2.05, 4.69) is 4.72 Å². The van der Waals surface area contributed by atoms with E-state index < -0.39 is 10.0 Å². The van der Waals surface area contributed by atoms with Gasteiger partial charge < -0.3 is 9.84 Å². The molecule has 0 aromatic carbocycles. The second-order valence-electron chi connectivity index (χ2n) is 3.53. The Morgan fingerprint density at radius 3 is 2.56 bits per heavy atom. The van der Waals surface area contributed by atoms with Gasteiger partial charge in [0.2, 0.25) is 10.0 Å². The van der Waals surface area contributed by atoms with Crippen molar-refractivity contribution in [2.24, 2.45) is 0 Å². The smallest absolute Gasteiger partial charge is 0.211 e. The van der Waals surface area contributed by atoms with Crippen molar-refractivity contribution >= 4 is 21.8 Å². The van der Waals surface area contributed by atoms with Crippen molar-refractivity contribution in [2.45, 2.75) is 24.6 Å². The molecule has 0 aliphatic rings. The number of nitrogens with one attached hydrogen (secondary N) is 1. The third-order valence-corrected chi connectivity index (χ3v) is 4.89. The Hall–Kier alpha value is 0.180. The fourth-order valence-electron chi connectivity index (χ4n) is 1.25. The third-order valence-electron chi connectivity index (χ3n) is 2.17. The SMILES string of the molecule is COCCCS(=O)(=O)NC(C)C(CO)SC. The van der Waals surface area contributed by atoms with Crippen LogP contribution in [0.5, 0.6) is 0 Å². The van der Waals surface area contributed by atoms with E-state index in [9.17, 15) is 8.42 Å². The van der Waals surface area contributed by atoms with Crippen LogP contribution in [0.3, 0.4) is 0 Å². The van der Waals surface area contributed by atoms with E-state index in [1.807, 2.05) is 6.26 Å². The van der Waals surface area contributed by atoms with Gasteiger partial charge >= 0.3 is 0 Å².